The normalized spacial score (nSPS) is 12.3. The fourth-order valence-corrected chi connectivity index (χ4v) is 3.51. The fourth-order valence-electron chi connectivity index (χ4n) is 2.35. The zero-order chi connectivity index (χ0) is 15.7. The molecule has 1 heteroatoms. The van der Waals surface area contributed by atoms with Crippen LogP contribution in [0, 0.1) is 0 Å². The van der Waals surface area contributed by atoms with Crippen LogP contribution >= 0.6 is 0 Å². The van der Waals surface area contributed by atoms with Gasteiger partial charge in [0.2, 0.25) is 0 Å². The van der Waals surface area contributed by atoms with E-state index in [4.69, 9.17) is 0 Å². The summed E-state index contributed by atoms with van der Waals surface area (Å²) in [6.07, 6.45) is 0. The maximum atomic E-state index is 2.30. The molecule has 2 aromatic carbocycles. The Balaban J connectivity index is 2.12. The van der Waals surface area contributed by atoms with Crippen molar-refractivity contribution >= 4 is 24.1 Å². The molecule has 0 nitrogen and oxygen atoms in total. The minimum Gasteiger partial charge on any atom is -0.117 e. The van der Waals surface area contributed by atoms with Gasteiger partial charge in [-0.3, -0.25) is 0 Å². The van der Waals surface area contributed by atoms with Crippen molar-refractivity contribution in [2.75, 3.05) is 0 Å². The van der Waals surface area contributed by atoms with Crippen molar-refractivity contribution in [1.29, 1.82) is 0 Å². The highest BCUT2D eigenvalue weighted by molar-refractivity contribution is 6.67. The Hall–Kier alpha value is -1.03. The van der Waals surface area contributed by atoms with Crippen molar-refractivity contribution in [2.24, 2.45) is 0 Å². The molecule has 0 heterocycles. The molecule has 0 amide bonds. The zero-order valence-corrected chi connectivity index (χ0v) is 15.4. The van der Waals surface area contributed by atoms with E-state index in [2.05, 4.69) is 90.1 Å². The molecule has 0 bridgehead atoms. The second-order valence-corrected chi connectivity index (χ2v) is 9.51. The van der Waals surface area contributed by atoms with Crippen molar-refractivity contribution in [3.05, 3.63) is 59.7 Å². The molecule has 0 saturated heterocycles. The van der Waals surface area contributed by atoms with E-state index < -0.39 is 0 Å². The van der Waals surface area contributed by atoms with Crippen molar-refractivity contribution in [3.63, 3.8) is 0 Å². The lowest BCUT2D eigenvalue weighted by Crippen LogP contribution is -2.27. The average molecular weight is 293 g/mol. The Kier molecular flexibility index (Phi) is 4.67. The molecule has 109 valence electrons. The van der Waals surface area contributed by atoms with Gasteiger partial charge in [0.05, 0.1) is 0 Å². The maximum Gasteiger partial charge on any atom is 0.298 e. The van der Waals surface area contributed by atoms with Gasteiger partial charge in [0.1, 0.15) is 0 Å². The van der Waals surface area contributed by atoms with Gasteiger partial charge < -0.3 is 0 Å². The summed E-state index contributed by atoms with van der Waals surface area (Å²) in [6.45, 7) is 13.6. The summed E-state index contributed by atoms with van der Waals surface area (Å²) in [5.74, 6) is 0. The molecule has 1 radical (unpaired) electrons. The first-order valence-electron chi connectivity index (χ1n) is 7.72. The van der Waals surface area contributed by atoms with Crippen molar-refractivity contribution in [3.8, 4) is 0 Å². The molecule has 0 aliphatic carbocycles. The summed E-state index contributed by atoms with van der Waals surface area (Å²) in [7, 11) is 0. The molecule has 0 fully saturated rings. The van der Waals surface area contributed by atoms with E-state index in [9.17, 15) is 0 Å². The third-order valence-corrected chi connectivity index (χ3v) is 5.32. The first-order valence-corrected chi connectivity index (χ1v) is 8.87. The number of hydrogen-bond donors (Lipinski definition) is 0. The smallest absolute Gasteiger partial charge is 0.117 e. The van der Waals surface area contributed by atoms with E-state index in [1.807, 2.05) is 0 Å². The number of rotatable bonds is 2. The van der Waals surface area contributed by atoms with Crippen LogP contribution in [0.1, 0.15) is 52.7 Å². The molecule has 0 N–H and O–H groups in total. The zero-order valence-electron chi connectivity index (χ0n) is 14.2. The highest BCUT2D eigenvalue weighted by Crippen LogP contribution is 2.21. The summed E-state index contributed by atoms with van der Waals surface area (Å²) in [5, 5.41) is 0. The van der Waals surface area contributed by atoms with Crippen LogP contribution in [-0.4, -0.2) is 15.2 Å². The SMILES string of the molecule is CC(C)(C)c1cc[c]([Al][c]2ccc(C(C)(C)C)cc2)cc1. The highest BCUT2D eigenvalue weighted by Gasteiger charge is 2.14. The van der Waals surface area contributed by atoms with Gasteiger partial charge in [0.25, 0.3) is 15.2 Å². The number of hydrogen-bond acceptors (Lipinski definition) is 0. The van der Waals surface area contributed by atoms with Gasteiger partial charge in [-0.05, 0) is 22.0 Å². The Labute approximate surface area is 136 Å². The molecular formula is C20H26Al. The van der Waals surface area contributed by atoms with Crippen LogP contribution in [0.3, 0.4) is 0 Å². The van der Waals surface area contributed by atoms with Crippen molar-refractivity contribution in [1.82, 2.24) is 0 Å². The van der Waals surface area contributed by atoms with E-state index in [1.54, 1.807) is 0 Å². The average Bonchev–Trinajstić information content (AvgIpc) is 2.38. The highest BCUT2D eigenvalue weighted by atomic mass is 27.1. The lowest BCUT2D eigenvalue weighted by Gasteiger charge is -2.20. The summed E-state index contributed by atoms with van der Waals surface area (Å²) >= 11 is 0.191. The molecule has 21 heavy (non-hydrogen) atoms. The second kappa shape index (κ2) is 5.99. The standard InChI is InChI=1S/2C10H13.Al/c2*1-10(2,3)9-7-5-4-6-8-9;/h2*5-8H,1-3H3;. The van der Waals surface area contributed by atoms with Gasteiger partial charge in [-0.1, -0.05) is 90.1 Å². The second-order valence-electron chi connectivity index (χ2n) is 7.89. The number of benzene rings is 2. The summed E-state index contributed by atoms with van der Waals surface area (Å²) in [6, 6.07) is 18.3. The largest absolute Gasteiger partial charge is 0.298 e. The third-order valence-electron chi connectivity index (χ3n) is 3.89. The Morgan fingerprint density at radius 2 is 0.810 bits per heavy atom. The van der Waals surface area contributed by atoms with Gasteiger partial charge >= 0.3 is 0 Å². The van der Waals surface area contributed by atoms with Gasteiger partial charge in [-0.15, -0.1) is 8.85 Å². The summed E-state index contributed by atoms with van der Waals surface area (Å²) in [4.78, 5) is 0. The van der Waals surface area contributed by atoms with Crippen molar-refractivity contribution < 1.29 is 0 Å². The molecule has 0 unspecified atom stereocenters. The van der Waals surface area contributed by atoms with E-state index >= 15 is 0 Å². The quantitative estimate of drug-likeness (QED) is 0.736. The minimum absolute atomic E-state index is 0.191. The first kappa shape index (κ1) is 16.3. The van der Waals surface area contributed by atoms with E-state index in [-0.39, 0.29) is 26.0 Å². The van der Waals surface area contributed by atoms with Gasteiger partial charge in [-0.2, -0.15) is 0 Å². The van der Waals surface area contributed by atoms with Gasteiger partial charge in [0.15, 0.2) is 0 Å². The van der Waals surface area contributed by atoms with Crippen LogP contribution in [0.4, 0.5) is 0 Å². The van der Waals surface area contributed by atoms with Crippen LogP contribution in [0.25, 0.3) is 0 Å². The molecule has 0 aromatic heterocycles. The van der Waals surface area contributed by atoms with Gasteiger partial charge in [0, 0.05) is 0 Å². The van der Waals surface area contributed by atoms with Crippen LogP contribution < -0.4 is 8.85 Å². The molecule has 2 aromatic rings. The first-order chi connectivity index (χ1) is 9.66. The van der Waals surface area contributed by atoms with Crippen LogP contribution in [-0.2, 0) is 10.8 Å². The third kappa shape index (κ3) is 4.47. The Bertz CT molecular complexity index is 522. The molecule has 0 saturated carbocycles. The predicted octanol–water partition coefficient (Wildman–Crippen LogP) is 3.94. The molecular weight excluding hydrogens is 267 g/mol. The monoisotopic (exact) mass is 293 g/mol. The summed E-state index contributed by atoms with van der Waals surface area (Å²) < 4.78 is 2.93. The molecule has 0 spiro atoms. The van der Waals surface area contributed by atoms with Crippen molar-refractivity contribution in [2.45, 2.75) is 52.4 Å². The predicted molar refractivity (Wildman–Crippen MR) is 95.3 cm³/mol. The minimum atomic E-state index is 0.191. The maximum absolute atomic E-state index is 2.30. The Morgan fingerprint density at radius 3 is 1.05 bits per heavy atom. The van der Waals surface area contributed by atoms with Crippen LogP contribution in [0.2, 0.25) is 0 Å². The van der Waals surface area contributed by atoms with E-state index in [0.29, 0.717) is 0 Å². The van der Waals surface area contributed by atoms with Crippen LogP contribution in [0.5, 0.6) is 0 Å². The molecule has 0 aliphatic heterocycles. The molecule has 0 aliphatic rings. The van der Waals surface area contributed by atoms with Gasteiger partial charge in [-0.25, -0.2) is 0 Å². The molecule has 2 rings (SSSR count). The lowest BCUT2D eigenvalue weighted by atomic mass is 9.87. The molecule has 0 atom stereocenters. The van der Waals surface area contributed by atoms with E-state index in [1.165, 1.54) is 20.0 Å². The lowest BCUT2D eigenvalue weighted by molar-refractivity contribution is 0.590. The summed E-state index contributed by atoms with van der Waals surface area (Å²) in [5.41, 5.74) is 3.30. The topological polar surface area (TPSA) is 0 Å². The van der Waals surface area contributed by atoms with Crippen LogP contribution in [0.15, 0.2) is 48.5 Å². The van der Waals surface area contributed by atoms with E-state index in [0.717, 1.165) is 0 Å². The fraction of sp³-hybridized carbons (Fsp3) is 0.400. The Morgan fingerprint density at radius 1 is 0.524 bits per heavy atom.